The number of rotatable bonds is 7. The highest BCUT2D eigenvalue weighted by Crippen LogP contribution is 2.20. The summed E-state index contributed by atoms with van der Waals surface area (Å²) in [7, 11) is 0. The lowest BCUT2D eigenvalue weighted by Crippen LogP contribution is -2.38. The lowest BCUT2D eigenvalue weighted by Gasteiger charge is -2.16. The van der Waals surface area contributed by atoms with Gasteiger partial charge in [0, 0.05) is 30.7 Å². The lowest BCUT2D eigenvalue weighted by molar-refractivity contribution is -0.119. The van der Waals surface area contributed by atoms with E-state index < -0.39 is 0 Å². The van der Waals surface area contributed by atoms with E-state index in [1.807, 2.05) is 18.2 Å². The van der Waals surface area contributed by atoms with E-state index >= 15 is 0 Å². The van der Waals surface area contributed by atoms with Gasteiger partial charge in [-0.15, -0.1) is 5.10 Å². The summed E-state index contributed by atoms with van der Waals surface area (Å²) in [6, 6.07) is 17.8. The van der Waals surface area contributed by atoms with Crippen molar-refractivity contribution in [3.63, 3.8) is 0 Å². The van der Waals surface area contributed by atoms with E-state index in [9.17, 15) is 4.79 Å². The zero-order chi connectivity index (χ0) is 20.1. The normalized spacial score (nSPS) is 16.8. The van der Waals surface area contributed by atoms with Crippen molar-refractivity contribution >= 4 is 29.3 Å². The molecule has 2 heterocycles. The topological polar surface area (TPSA) is 75.9 Å². The van der Waals surface area contributed by atoms with Gasteiger partial charge in [0.05, 0.1) is 11.4 Å². The molecule has 1 aliphatic rings. The molecular formula is C20H21ClN6OS. The number of aromatic nitrogens is 4. The summed E-state index contributed by atoms with van der Waals surface area (Å²) in [6.07, 6.45) is 0.964. The first kappa shape index (κ1) is 19.9. The average molecular weight is 429 g/mol. The summed E-state index contributed by atoms with van der Waals surface area (Å²) in [6.45, 7) is 2.77. The molecule has 1 aromatic heterocycles. The fourth-order valence-electron chi connectivity index (χ4n) is 3.35. The summed E-state index contributed by atoms with van der Waals surface area (Å²) < 4.78 is 1.60. The molecule has 4 rings (SSSR count). The van der Waals surface area contributed by atoms with Crippen molar-refractivity contribution in [2.24, 2.45) is 0 Å². The lowest BCUT2D eigenvalue weighted by atomic mass is 10.2. The first-order valence-corrected chi connectivity index (χ1v) is 10.8. The van der Waals surface area contributed by atoms with Gasteiger partial charge in [0.1, 0.15) is 0 Å². The quantitative estimate of drug-likeness (QED) is 0.583. The zero-order valence-corrected chi connectivity index (χ0v) is 17.3. The number of halogens is 1. The summed E-state index contributed by atoms with van der Waals surface area (Å²) in [5.74, 6) is 0.260. The van der Waals surface area contributed by atoms with E-state index in [4.69, 9.17) is 11.6 Å². The number of nitrogens with one attached hydrogen (secondary N) is 1. The predicted octanol–water partition coefficient (Wildman–Crippen LogP) is 2.80. The van der Waals surface area contributed by atoms with E-state index in [0.29, 0.717) is 10.2 Å². The van der Waals surface area contributed by atoms with E-state index in [1.54, 1.807) is 16.8 Å². The molecule has 150 valence electrons. The van der Waals surface area contributed by atoms with Crippen LogP contribution in [0.15, 0.2) is 59.8 Å². The van der Waals surface area contributed by atoms with Crippen LogP contribution >= 0.6 is 23.4 Å². The second-order valence-corrected chi connectivity index (χ2v) is 8.29. The van der Waals surface area contributed by atoms with Gasteiger partial charge in [-0.05, 0) is 46.7 Å². The second-order valence-electron chi connectivity index (χ2n) is 6.91. The molecule has 2 aromatic carbocycles. The molecule has 0 aliphatic carbocycles. The maximum absolute atomic E-state index is 12.4. The zero-order valence-electron chi connectivity index (χ0n) is 15.7. The smallest absolute Gasteiger partial charge is 0.230 e. The fourth-order valence-corrected chi connectivity index (χ4v) is 4.18. The molecule has 0 radical (unpaired) electrons. The largest absolute Gasteiger partial charge is 0.351 e. The Balaban J connectivity index is 1.26. The summed E-state index contributed by atoms with van der Waals surface area (Å²) in [5.41, 5.74) is 2.10. The predicted molar refractivity (Wildman–Crippen MR) is 113 cm³/mol. The van der Waals surface area contributed by atoms with E-state index in [-0.39, 0.29) is 17.7 Å². The third-order valence-electron chi connectivity index (χ3n) is 4.73. The molecule has 29 heavy (non-hydrogen) atoms. The van der Waals surface area contributed by atoms with Crippen LogP contribution in [0.3, 0.4) is 0 Å². The second kappa shape index (κ2) is 9.39. The first-order chi connectivity index (χ1) is 14.2. The van der Waals surface area contributed by atoms with Crippen LogP contribution in [0.4, 0.5) is 0 Å². The Labute approximate surface area is 178 Å². The van der Waals surface area contributed by atoms with Gasteiger partial charge in [0.25, 0.3) is 0 Å². The number of tetrazole rings is 1. The molecule has 1 fully saturated rings. The summed E-state index contributed by atoms with van der Waals surface area (Å²) in [4.78, 5) is 14.8. The molecule has 1 amide bonds. The SMILES string of the molecule is O=C(CSc1nnnn1-c1ccc(Cl)cc1)N[C@H]1CCN(Cc2ccccc2)C1. The molecule has 0 spiro atoms. The average Bonchev–Trinajstić information content (AvgIpc) is 3.37. The van der Waals surface area contributed by atoms with Crippen LogP contribution in [-0.2, 0) is 11.3 Å². The molecule has 0 saturated carbocycles. The minimum Gasteiger partial charge on any atom is -0.351 e. The Hall–Kier alpha value is -2.42. The molecular weight excluding hydrogens is 408 g/mol. The molecule has 0 bridgehead atoms. The van der Waals surface area contributed by atoms with Gasteiger partial charge in [-0.3, -0.25) is 9.69 Å². The highest BCUT2D eigenvalue weighted by molar-refractivity contribution is 7.99. The third kappa shape index (κ3) is 5.35. The Morgan fingerprint density at radius 2 is 1.97 bits per heavy atom. The van der Waals surface area contributed by atoms with Crippen molar-refractivity contribution in [3.05, 3.63) is 65.2 Å². The highest BCUT2D eigenvalue weighted by Gasteiger charge is 2.24. The Morgan fingerprint density at radius 3 is 2.76 bits per heavy atom. The Morgan fingerprint density at radius 1 is 1.17 bits per heavy atom. The standard InChI is InChI=1S/C20H21ClN6OS/c21-16-6-8-18(9-7-16)27-20(23-24-25-27)29-14-19(28)22-17-10-11-26(13-17)12-15-4-2-1-3-5-15/h1-9,17H,10-14H2,(H,22,28)/t17-/m0/s1. The molecule has 0 unspecified atom stereocenters. The highest BCUT2D eigenvalue weighted by atomic mass is 35.5. The molecule has 3 aromatic rings. The number of likely N-dealkylation sites (tertiary alicyclic amines) is 1. The van der Waals surface area contributed by atoms with Gasteiger partial charge in [0.15, 0.2) is 0 Å². The van der Waals surface area contributed by atoms with Crippen LogP contribution in [0, 0.1) is 0 Å². The summed E-state index contributed by atoms with van der Waals surface area (Å²) in [5, 5.41) is 16.1. The number of carbonyl (C=O) groups is 1. The first-order valence-electron chi connectivity index (χ1n) is 9.40. The molecule has 1 saturated heterocycles. The number of amides is 1. The monoisotopic (exact) mass is 428 g/mol. The van der Waals surface area contributed by atoms with E-state index in [1.165, 1.54) is 17.3 Å². The van der Waals surface area contributed by atoms with E-state index in [2.05, 4.69) is 50.0 Å². The van der Waals surface area contributed by atoms with Crippen LogP contribution in [0.2, 0.25) is 5.02 Å². The third-order valence-corrected chi connectivity index (χ3v) is 5.90. The van der Waals surface area contributed by atoms with Gasteiger partial charge >= 0.3 is 0 Å². The summed E-state index contributed by atoms with van der Waals surface area (Å²) >= 11 is 7.25. The van der Waals surface area contributed by atoms with Crippen LogP contribution in [0.25, 0.3) is 5.69 Å². The molecule has 1 aliphatic heterocycles. The molecule has 7 nitrogen and oxygen atoms in total. The van der Waals surface area contributed by atoms with Crippen LogP contribution in [0.5, 0.6) is 0 Å². The number of hydrogen-bond acceptors (Lipinski definition) is 6. The molecule has 9 heteroatoms. The number of hydrogen-bond donors (Lipinski definition) is 1. The maximum Gasteiger partial charge on any atom is 0.230 e. The van der Waals surface area contributed by atoms with Crippen LogP contribution in [-0.4, -0.2) is 55.9 Å². The number of thioether (sulfide) groups is 1. The van der Waals surface area contributed by atoms with Gasteiger partial charge in [0.2, 0.25) is 11.1 Å². The Kier molecular flexibility index (Phi) is 6.43. The van der Waals surface area contributed by atoms with Crippen molar-refractivity contribution in [2.75, 3.05) is 18.8 Å². The minimum atomic E-state index is -0.00721. The number of nitrogens with zero attached hydrogens (tertiary/aromatic N) is 5. The maximum atomic E-state index is 12.4. The van der Waals surface area contributed by atoms with Crippen LogP contribution in [0.1, 0.15) is 12.0 Å². The van der Waals surface area contributed by atoms with Gasteiger partial charge in [-0.1, -0.05) is 53.7 Å². The minimum absolute atomic E-state index is 0.00721. The Bertz CT molecular complexity index is 949. The molecule has 1 atom stereocenters. The van der Waals surface area contributed by atoms with Gasteiger partial charge in [-0.2, -0.15) is 4.68 Å². The van der Waals surface area contributed by atoms with Crippen LogP contribution < -0.4 is 5.32 Å². The van der Waals surface area contributed by atoms with Crippen molar-refractivity contribution in [1.82, 2.24) is 30.4 Å². The number of carbonyl (C=O) groups excluding carboxylic acids is 1. The van der Waals surface area contributed by atoms with E-state index in [0.717, 1.165) is 31.7 Å². The molecule has 1 N–H and O–H groups in total. The van der Waals surface area contributed by atoms with Gasteiger partial charge < -0.3 is 5.32 Å². The van der Waals surface area contributed by atoms with Crippen molar-refractivity contribution in [3.8, 4) is 5.69 Å². The van der Waals surface area contributed by atoms with Crippen molar-refractivity contribution in [1.29, 1.82) is 0 Å². The van der Waals surface area contributed by atoms with Gasteiger partial charge in [-0.25, -0.2) is 0 Å². The fraction of sp³-hybridized carbons (Fsp3) is 0.300. The van der Waals surface area contributed by atoms with Crippen molar-refractivity contribution in [2.45, 2.75) is 24.2 Å². The number of benzene rings is 2. The van der Waals surface area contributed by atoms with Crippen molar-refractivity contribution < 1.29 is 4.79 Å².